The monoisotopic (exact) mass is 869 g/mol. The van der Waals surface area contributed by atoms with Gasteiger partial charge in [0.1, 0.15) is 0 Å². The molecule has 4 aromatic heterocycles. The SMILES string of the molecule is c1ccc(C2(c3ccccc3)Oc3nc4ccccc4n3-c3ccc(-n4c5ccc(-n6c7ccccc7c7ccccc76)cc5c5cc(-n6c7ccccc7c7ccccc76)ccc54)cc32)cc1. The van der Waals surface area contributed by atoms with Crippen LogP contribution in [0.1, 0.15) is 16.7 Å². The molecule has 0 spiro atoms. The van der Waals surface area contributed by atoms with Gasteiger partial charge in [0.05, 0.1) is 49.8 Å². The van der Waals surface area contributed by atoms with Crippen LogP contribution in [0.25, 0.3) is 99.2 Å². The molecular formula is C62H39N5O. The van der Waals surface area contributed by atoms with Crippen molar-refractivity contribution in [2.45, 2.75) is 5.60 Å². The second-order valence-electron chi connectivity index (χ2n) is 17.9. The van der Waals surface area contributed by atoms with E-state index in [1.807, 2.05) is 6.07 Å². The Hall–Kier alpha value is -9.13. The third-order valence-corrected chi connectivity index (χ3v) is 14.4. The molecule has 0 fully saturated rings. The molecule has 5 heterocycles. The first-order chi connectivity index (χ1) is 33.7. The van der Waals surface area contributed by atoms with Gasteiger partial charge in [0.25, 0.3) is 0 Å². The Bertz CT molecular complexity index is 4040. The molecule has 14 aromatic rings. The highest BCUT2D eigenvalue weighted by Crippen LogP contribution is 2.50. The minimum Gasteiger partial charge on any atom is -0.443 e. The van der Waals surface area contributed by atoms with Gasteiger partial charge in [-0.2, -0.15) is 4.98 Å². The number of fused-ring (bicyclic) bond motifs is 14. The molecule has 15 rings (SSSR count). The molecule has 0 unspecified atom stereocenters. The summed E-state index contributed by atoms with van der Waals surface area (Å²) in [6, 6.07) is 85.9. The maximum Gasteiger partial charge on any atom is 0.303 e. The van der Waals surface area contributed by atoms with Gasteiger partial charge in [-0.25, -0.2) is 0 Å². The van der Waals surface area contributed by atoms with Gasteiger partial charge >= 0.3 is 6.01 Å². The van der Waals surface area contributed by atoms with Gasteiger partial charge in [0.15, 0.2) is 5.60 Å². The van der Waals surface area contributed by atoms with Crippen molar-refractivity contribution in [3.63, 3.8) is 0 Å². The number of ether oxygens (including phenoxy) is 1. The lowest BCUT2D eigenvalue weighted by Crippen LogP contribution is -2.40. The number of hydrogen-bond acceptors (Lipinski definition) is 2. The van der Waals surface area contributed by atoms with Crippen molar-refractivity contribution < 1.29 is 4.74 Å². The Kier molecular flexibility index (Phi) is 7.61. The predicted molar refractivity (Wildman–Crippen MR) is 277 cm³/mol. The largest absolute Gasteiger partial charge is 0.443 e. The Morgan fingerprint density at radius 2 is 0.691 bits per heavy atom. The van der Waals surface area contributed by atoms with Crippen molar-refractivity contribution in [3.8, 4) is 28.8 Å². The van der Waals surface area contributed by atoms with E-state index in [0.717, 1.165) is 72.3 Å². The number of nitrogens with zero attached hydrogens (tertiary/aromatic N) is 5. The second-order valence-corrected chi connectivity index (χ2v) is 17.9. The van der Waals surface area contributed by atoms with Crippen LogP contribution in [0, 0.1) is 0 Å². The van der Waals surface area contributed by atoms with E-state index in [4.69, 9.17) is 9.72 Å². The summed E-state index contributed by atoms with van der Waals surface area (Å²) in [5.41, 5.74) is 15.2. The zero-order valence-electron chi connectivity index (χ0n) is 36.7. The van der Waals surface area contributed by atoms with Crippen molar-refractivity contribution in [1.82, 2.24) is 23.3 Å². The number of para-hydroxylation sites is 6. The summed E-state index contributed by atoms with van der Waals surface area (Å²) in [7, 11) is 0. The molecule has 10 aromatic carbocycles. The Balaban J connectivity index is 1.04. The standard InChI is InChI=1S/C62H39N5O/c1-3-17-40(18-4-1)62(41-19-5-2-6-20-41)51-39-44(33-36-59(51)67-60-30-16-11-25-52(60)63-61(67)68-62)66-57-34-31-42(64-53-26-12-7-21-45(53)46-22-8-13-27-54(46)64)37-49(57)50-38-43(32-35-58(50)66)65-55-28-14-9-23-47(55)48-24-10-15-29-56(48)65/h1-39H. The van der Waals surface area contributed by atoms with Crippen LogP contribution in [-0.4, -0.2) is 23.3 Å². The number of benzene rings is 10. The molecule has 0 saturated carbocycles. The summed E-state index contributed by atoms with van der Waals surface area (Å²) in [6.45, 7) is 0. The number of rotatable bonds is 5. The van der Waals surface area contributed by atoms with Crippen LogP contribution in [0.5, 0.6) is 6.01 Å². The van der Waals surface area contributed by atoms with Crippen LogP contribution in [0.15, 0.2) is 237 Å². The third-order valence-electron chi connectivity index (χ3n) is 14.4. The van der Waals surface area contributed by atoms with Crippen LogP contribution >= 0.6 is 0 Å². The van der Waals surface area contributed by atoms with Crippen LogP contribution < -0.4 is 4.74 Å². The normalized spacial score (nSPS) is 13.2. The lowest BCUT2D eigenvalue weighted by molar-refractivity contribution is 0.128. The molecule has 0 N–H and O–H groups in total. The van der Waals surface area contributed by atoms with Crippen molar-refractivity contribution in [2.75, 3.05) is 0 Å². The third kappa shape index (κ3) is 5.03. The Morgan fingerprint density at radius 3 is 1.18 bits per heavy atom. The Morgan fingerprint density at radius 1 is 0.309 bits per heavy atom. The number of hydrogen-bond donors (Lipinski definition) is 0. The summed E-state index contributed by atoms with van der Waals surface area (Å²) in [6.07, 6.45) is 0. The maximum atomic E-state index is 7.44. The highest BCUT2D eigenvalue weighted by atomic mass is 16.5. The van der Waals surface area contributed by atoms with E-state index in [9.17, 15) is 0 Å². The topological polar surface area (TPSA) is 41.8 Å². The summed E-state index contributed by atoms with van der Waals surface area (Å²) < 4.78 is 16.9. The average molecular weight is 870 g/mol. The first-order valence-electron chi connectivity index (χ1n) is 23.2. The van der Waals surface area contributed by atoms with E-state index >= 15 is 0 Å². The van der Waals surface area contributed by atoms with Crippen LogP contribution in [0.2, 0.25) is 0 Å². The van der Waals surface area contributed by atoms with E-state index in [2.05, 4.69) is 249 Å². The quantitative estimate of drug-likeness (QED) is 0.173. The molecule has 6 heteroatoms. The van der Waals surface area contributed by atoms with E-state index in [0.29, 0.717) is 6.01 Å². The molecule has 318 valence electrons. The van der Waals surface area contributed by atoms with Gasteiger partial charge in [-0.1, -0.05) is 146 Å². The summed E-state index contributed by atoms with van der Waals surface area (Å²) in [5.74, 6) is 0. The molecular weight excluding hydrogens is 831 g/mol. The molecule has 1 aliphatic rings. The minimum atomic E-state index is -1.02. The van der Waals surface area contributed by atoms with Crippen LogP contribution in [0.3, 0.4) is 0 Å². The highest BCUT2D eigenvalue weighted by molar-refractivity contribution is 6.14. The number of imidazole rings is 1. The lowest BCUT2D eigenvalue weighted by atomic mass is 9.78. The van der Waals surface area contributed by atoms with Gasteiger partial charge in [-0.15, -0.1) is 0 Å². The van der Waals surface area contributed by atoms with Crippen molar-refractivity contribution in [1.29, 1.82) is 0 Å². The molecule has 0 atom stereocenters. The lowest BCUT2D eigenvalue weighted by Gasteiger charge is -2.40. The predicted octanol–water partition coefficient (Wildman–Crippen LogP) is 15.0. The highest BCUT2D eigenvalue weighted by Gasteiger charge is 2.46. The van der Waals surface area contributed by atoms with Crippen molar-refractivity contribution in [2.24, 2.45) is 0 Å². The fraction of sp³-hybridized carbons (Fsp3) is 0.0161. The van der Waals surface area contributed by atoms with E-state index in [-0.39, 0.29) is 0 Å². The van der Waals surface area contributed by atoms with Crippen molar-refractivity contribution in [3.05, 3.63) is 253 Å². The molecule has 0 radical (unpaired) electrons. The zero-order valence-corrected chi connectivity index (χ0v) is 36.7. The first-order valence-corrected chi connectivity index (χ1v) is 23.2. The average Bonchev–Trinajstić information content (AvgIpc) is 4.15. The van der Waals surface area contributed by atoms with Crippen LogP contribution in [-0.2, 0) is 5.60 Å². The maximum absolute atomic E-state index is 7.44. The van der Waals surface area contributed by atoms with E-state index in [1.54, 1.807) is 0 Å². The summed E-state index contributed by atoms with van der Waals surface area (Å²) in [4.78, 5) is 5.12. The van der Waals surface area contributed by atoms with Gasteiger partial charge < -0.3 is 18.4 Å². The zero-order chi connectivity index (χ0) is 44.5. The summed E-state index contributed by atoms with van der Waals surface area (Å²) in [5, 5.41) is 7.29. The molecule has 0 saturated heterocycles. The molecule has 0 bridgehead atoms. The molecule has 6 nitrogen and oxygen atoms in total. The molecule has 68 heavy (non-hydrogen) atoms. The fourth-order valence-corrected chi connectivity index (χ4v) is 11.5. The van der Waals surface area contributed by atoms with Crippen LogP contribution in [0.4, 0.5) is 0 Å². The first kappa shape index (κ1) is 37.1. The van der Waals surface area contributed by atoms with Crippen molar-refractivity contribution >= 4 is 76.5 Å². The fourth-order valence-electron chi connectivity index (χ4n) is 11.5. The van der Waals surface area contributed by atoms with E-state index in [1.165, 1.54) is 43.6 Å². The van der Waals surface area contributed by atoms with Gasteiger partial charge in [-0.3, -0.25) is 4.57 Å². The number of aromatic nitrogens is 5. The molecule has 0 aliphatic carbocycles. The molecule has 1 aliphatic heterocycles. The smallest absolute Gasteiger partial charge is 0.303 e. The summed E-state index contributed by atoms with van der Waals surface area (Å²) >= 11 is 0. The van der Waals surface area contributed by atoms with Gasteiger partial charge in [0.2, 0.25) is 0 Å². The Labute approximate surface area is 390 Å². The second kappa shape index (κ2) is 13.9. The van der Waals surface area contributed by atoms with Gasteiger partial charge in [0, 0.05) is 66.1 Å². The van der Waals surface area contributed by atoms with E-state index < -0.39 is 5.60 Å². The minimum absolute atomic E-state index is 0.561. The molecule has 0 amide bonds. The van der Waals surface area contributed by atoms with Gasteiger partial charge in [-0.05, 0) is 91.0 Å².